The molecule has 4 heteroatoms. The molecule has 1 aliphatic carbocycles. The number of halogens is 1. The van der Waals surface area contributed by atoms with E-state index in [2.05, 4.69) is 15.9 Å². The minimum absolute atomic E-state index is 0.167. The van der Waals surface area contributed by atoms with Crippen molar-refractivity contribution >= 4 is 21.9 Å². The van der Waals surface area contributed by atoms with Gasteiger partial charge in [0, 0.05) is 0 Å². The molecule has 0 unspecified atom stereocenters. The Morgan fingerprint density at radius 1 is 1.50 bits per heavy atom. The number of methoxy groups -OCH3 is 1. The zero-order chi connectivity index (χ0) is 11.7. The van der Waals surface area contributed by atoms with Gasteiger partial charge >= 0.3 is 5.97 Å². The molecule has 1 aromatic rings. The normalized spacial score (nSPS) is 23.6. The zero-order valence-electron chi connectivity index (χ0n) is 8.94. The van der Waals surface area contributed by atoms with Crippen LogP contribution in [0.3, 0.4) is 0 Å². The maximum absolute atomic E-state index is 10.7. The van der Waals surface area contributed by atoms with E-state index in [0.717, 1.165) is 28.6 Å². The second kappa shape index (κ2) is 4.45. The van der Waals surface area contributed by atoms with Crippen LogP contribution < -0.4 is 4.74 Å². The first-order chi connectivity index (χ1) is 7.61. The Morgan fingerprint density at radius 3 is 2.75 bits per heavy atom. The highest BCUT2D eigenvalue weighted by atomic mass is 79.9. The smallest absolute Gasteiger partial charge is 0.306 e. The zero-order valence-corrected chi connectivity index (χ0v) is 10.5. The third-order valence-corrected chi connectivity index (χ3v) is 3.79. The molecule has 16 heavy (non-hydrogen) atoms. The summed E-state index contributed by atoms with van der Waals surface area (Å²) in [7, 11) is 1.63. The summed E-state index contributed by atoms with van der Waals surface area (Å²) in [6.07, 6.45) is 1.47. The lowest BCUT2D eigenvalue weighted by Gasteiger charge is -2.32. The van der Waals surface area contributed by atoms with Crippen LogP contribution in [0.5, 0.6) is 5.75 Å². The van der Waals surface area contributed by atoms with Gasteiger partial charge in [0.2, 0.25) is 0 Å². The summed E-state index contributed by atoms with van der Waals surface area (Å²) >= 11 is 3.40. The van der Waals surface area contributed by atoms with E-state index in [1.54, 1.807) is 7.11 Å². The van der Waals surface area contributed by atoms with Crippen molar-refractivity contribution in [1.82, 2.24) is 0 Å². The average molecular weight is 285 g/mol. The molecular weight excluding hydrogens is 272 g/mol. The van der Waals surface area contributed by atoms with E-state index < -0.39 is 5.97 Å². The second-order valence-electron chi connectivity index (χ2n) is 4.10. The molecule has 1 N–H and O–H groups in total. The molecule has 0 aromatic heterocycles. The third-order valence-electron chi connectivity index (χ3n) is 3.13. The fourth-order valence-corrected chi connectivity index (χ4v) is 2.43. The van der Waals surface area contributed by atoms with Crippen LogP contribution in [0.15, 0.2) is 22.7 Å². The van der Waals surface area contributed by atoms with E-state index in [1.807, 2.05) is 18.2 Å². The van der Waals surface area contributed by atoms with Gasteiger partial charge in [-0.25, -0.2) is 0 Å². The van der Waals surface area contributed by atoms with E-state index in [0.29, 0.717) is 5.92 Å². The molecule has 0 heterocycles. The first-order valence-electron chi connectivity index (χ1n) is 5.18. The summed E-state index contributed by atoms with van der Waals surface area (Å²) in [5.41, 5.74) is 1.16. The van der Waals surface area contributed by atoms with Crippen LogP contribution in [0.2, 0.25) is 0 Å². The molecule has 0 spiro atoms. The van der Waals surface area contributed by atoms with Gasteiger partial charge in [0.1, 0.15) is 5.75 Å². The lowest BCUT2D eigenvalue weighted by atomic mass is 9.71. The molecule has 86 valence electrons. The highest BCUT2D eigenvalue weighted by molar-refractivity contribution is 9.10. The number of hydrogen-bond acceptors (Lipinski definition) is 2. The molecule has 0 radical (unpaired) electrons. The van der Waals surface area contributed by atoms with Gasteiger partial charge in [-0.1, -0.05) is 6.07 Å². The summed E-state index contributed by atoms with van der Waals surface area (Å²) in [5.74, 6) is 0.319. The van der Waals surface area contributed by atoms with Crippen molar-refractivity contribution in [2.45, 2.75) is 18.8 Å². The molecule has 0 saturated heterocycles. The number of carbonyl (C=O) groups is 1. The summed E-state index contributed by atoms with van der Waals surface area (Å²) in [6, 6.07) is 5.95. The van der Waals surface area contributed by atoms with E-state index in [9.17, 15) is 4.79 Å². The largest absolute Gasteiger partial charge is 0.496 e. The first-order valence-corrected chi connectivity index (χ1v) is 5.97. The number of ether oxygens (including phenoxy) is 1. The topological polar surface area (TPSA) is 46.5 Å². The molecule has 0 atom stereocenters. The monoisotopic (exact) mass is 284 g/mol. The SMILES string of the molecule is COc1cc(C2CC(C(=O)O)C2)ccc1Br. The van der Waals surface area contributed by atoms with Gasteiger partial charge in [0.05, 0.1) is 17.5 Å². The van der Waals surface area contributed by atoms with Crippen molar-refractivity contribution in [3.05, 3.63) is 28.2 Å². The van der Waals surface area contributed by atoms with E-state index >= 15 is 0 Å². The van der Waals surface area contributed by atoms with Crippen LogP contribution in [0, 0.1) is 5.92 Å². The number of hydrogen-bond donors (Lipinski definition) is 1. The van der Waals surface area contributed by atoms with E-state index in [-0.39, 0.29) is 5.92 Å². The van der Waals surface area contributed by atoms with Crippen molar-refractivity contribution in [3.8, 4) is 5.75 Å². The van der Waals surface area contributed by atoms with Crippen molar-refractivity contribution in [1.29, 1.82) is 0 Å². The van der Waals surface area contributed by atoms with Crippen molar-refractivity contribution in [3.63, 3.8) is 0 Å². The first kappa shape index (κ1) is 11.5. The lowest BCUT2D eigenvalue weighted by Crippen LogP contribution is -2.28. The Labute approximate surface area is 103 Å². The highest BCUT2D eigenvalue weighted by Crippen LogP contribution is 2.43. The molecule has 1 aromatic carbocycles. The van der Waals surface area contributed by atoms with Gasteiger partial charge < -0.3 is 9.84 Å². The Hall–Kier alpha value is -1.03. The number of rotatable bonds is 3. The van der Waals surface area contributed by atoms with Crippen LogP contribution in [0.1, 0.15) is 24.3 Å². The minimum atomic E-state index is -0.680. The van der Waals surface area contributed by atoms with Crippen molar-refractivity contribution < 1.29 is 14.6 Å². The second-order valence-corrected chi connectivity index (χ2v) is 4.95. The molecule has 1 aliphatic rings. The molecular formula is C12H13BrO3. The van der Waals surface area contributed by atoms with Crippen molar-refractivity contribution in [2.75, 3.05) is 7.11 Å². The molecule has 3 nitrogen and oxygen atoms in total. The number of carboxylic acids is 1. The summed E-state index contributed by atoms with van der Waals surface area (Å²) < 4.78 is 6.14. The van der Waals surface area contributed by atoms with Crippen LogP contribution in [0.4, 0.5) is 0 Å². The highest BCUT2D eigenvalue weighted by Gasteiger charge is 2.35. The molecule has 1 saturated carbocycles. The van der Waals surface area contributed by atoms with Gasteiger partial charge in [-0.2, -0.15) is 0 Å². The maximum Gasteiger partial charge on any atom is 0.306 e. The van der Waals surface area contributed by atoms with Gasteiger partial charge in [-0.05, 0) is 52.4 Å². The Balaban J connectivity index is 2.09. The molecule has 0 aliphatic heterocycles. The predicted octanol–water partition coefficient (Wildman–Crippen LogP) is 3.04. The lowest BCUT2D eigenvalue weighted by molar-refractivity contribution is -0.145. The fraction of sp³-hybridized carbons (Fsp3) is 0.417. The number of carboxylic acid groups (broad SMARTS) is 1. The fourth-order valence-electron chi connectivity index (χ4n) is 2.02. The summed E-state index contributed by atoms with van der Waals surface area (Å²) in [4.78, 5) is 10.7. The minimum Gasteiger partial charge on any atom is -0.496 e. The molecule has 1 fully saturated rings. The standard InChI is InChI=1S/C12H13BrO3/c1-16-11-6-7(2-3-10(11)13)8-4-9(5-8)12(14)15/h2-3,6,8-9H,4-5H2,1H3,(H,14,15). The van der Waals surface area contributed by atoms with Gasteiger partial charge in [0.15, 0.2) is 0 Å². The molecule has 0 amide bonds. The Bertz CT molecular complexity index is 411. The van der Waals surface area contributed by atoms with E-state index in [4.69, 9.17) is 9.84 Å². The molecule has 0 bridgehead atoms. The van der Waals surface area contributed by atoms with Gasteiger partial charge in [-0.15, -0.1) is 0 Å². The summed E-state index contributed by atoms with van der Waals surface area (Å²) in [5, 5.41) is 8.81. The Kier molecular flexibility index (Phi) is 3.19. The predicted molar refractivity (Wildman–Crippen MR) is 63.8 cm³/mol. The molecule has 2 rings (SSSR count). The van der Waals surface area contributed by atoms with Crippen LogP contribution >= 0.6 is 15.9 Å². The number of benzene rings is 1. The van der Waals surface area contributed by atoms with Gasteiger partial charge in [0.25, 0.3) is 0 Å². The quantitative estimate of drug-likeness (QED) is 0.928. The van der Waals surface area contributed by atoms with E-state index in [1.165, 1.54) is 0 Å². The summed E-state index contributed by atoms with van der Waals surface area (Å²) in [6.45, 7) is 0. The van der Waals surface area contributed by atoms with Crippen LogP contribution in [0.25, 0.3) is 0 Å². The Morgan fingerprint density at radius 2 is 2.19 bits per heavy atom. The van der Waals surface area contributed by atoms with Crippen LogP contribution in [-0.4, -0.2) is 18.2 Å². The maximum atomic E-state index is 10.7. The van der Waals surface area contributed by atoms with Crippen LogP contribution in [-0.2, 0) is 4.79 Å². The van der Waals surface area contributed by atoms with Crippen molar-refractivity contribution in [2.24, 2.45) is 5.92 Å². The third kappa shape index (κ3) is 2.07. The number of aliphatic carboxylic acids is 1. The van der Waals surface area contributed by atoms with Gasteiger partial charge in [-0.3, -0.25) is 4.79 Å². The average Bonchev–Trinajstić information content (AvgIpc) is 2.17.